The Bertz CT molecular complexity index is 695. The SMILES string of the molecule is CCC(C)C(NC(=O)C1CCC(F)(F)C1)c1nc2ccccc2[nH]1. The fraction of sp³-hybridized carbons (Fsp3) is 0.556. The lowest BCUT2D eigenvalue weighted by Gasteiger charge is -2.24. The minimum Gasteiger partial charge on any atom is -0.346 e. The lowest BCUT2D eigenvalue weighted by molar-refractivity contribution is -0.127. The monoisotopic (exact) mass is 335 g/mol. The highest BCUT2D eigenvalue weighted by atomic mass is 19.3. The van der Waals surface area contributed by atoms with Crippen molar-refractivity contribution in [2.24, 2.45) is 11.8 Å². The van der Waals surface area contributed by atoms with Crippen LogP contribution in [0.3, 0.4) is 0 Å². The molecule has 0 aliphatic heterocycles. The van der Waals surface area contributed by atoms with Crippen LogP contribution in [-0.2, 0) is 4.79 Å². The summed E-state index contributed by atoms with van der Waals surface area (Å²) in [4.78, 5) is 20.3. The number of hydrogen-bond donors (Lipinski definition) is 2. The number of fused-ring (bicyclic) bond motifs is 1. The van der Waals surface area contributed by atoms with Crippen LogP contribution < -0.4 is 5.32 Å². The maximum atomic E-state index is 13.4. The van der Waals surface area contributed by atoms with Gasteiger partial charge in [0.15, 0.2) is 0 Å². The lowest BCUT2D eigenvalue weighted by atomic mass is 9.97. The van der Waals surface area contributed by atoms with Crippen molar-refractivity contribution in [3.63, 3.8) is 0 Å². The smallest absolute Gasteiger partial charge is 0.248 e. The van der Waals surface area contributed by atoms with Crippen LogP contribution in [0.2, 0.25) is 0 Å². The van der Waals surface area contributed by atoms with E-state index in [0.717, 1.165) is 17.5 Å². The van der Waals surface area contributed by atoms with Gasteiger partial charge in [-0.25, -0.2) is 13.8 Å². The summed E-state index contributed by atoms with van der Waals surface area (Å²) in [5, 5.41) is 2.96. The van der Waals surface area contributed by atoms with Crippen LogP contribution in [0.1, 0.15) is 51.4 Å². The van der Waals surface area contributed by atoms with Crippen LogP contribution in [0, 0.1) is 11.8 Å². The topological polar surface area (TPSA) is 57.8 Å². The number of amides is 1. The first-order valence-corrected chi connectivity index (χ1v) is 8.52. The van der Waals surface area contributed by atoms with Gasteiger partial charge in [0, 0.05) is 18.8 Å². The van der Waals surface area contributed by atoms with Gasteiger partial charge in [0.25, 0.3) is 0 Å². The summed E-state index contributed by atoms with van der Waals surface area (Å²) in [5.41, 5.74) is 1.74. The molecule has 2 N–H and O–H groups in total. The lowest BCUT2D eigenvalue weighted by Crippen LogP contribution is -2.37. The first-order valence-electron chi connectivity index (χ1n) is 8.52. The quantitative estimate of drug-likeness (QED) is 0.860. The fourth-order valence-corrected chi connectivity index (χ4v) is 3.28. The summed E-state index contributed by atoms with van der Waals surface area (Å²) in [6.45, 7) is 4.07. The number of carbonyl (C=O) groups is 1. The molecule has 0 spiro atoms. The summed E-state index contributed by atoms with van der Waals surface area (Å²) >= 11 is 0. The molecular formula is C18H23F2N3O. The van der Waals surface area contributed by atoms with Gasteiger partial charge in [-0.2, -0.15) is 0 Å². The van der Waals surface area contributed by atoms with Crippen molar-refractivity contribution in [3.8, 4) is 0 Å². The van der Waals surface area contributed by atoms with Gasteiger partial charge in [0.2, 0.25) is 11.8 Å². The van der Waals surface area contributed by atoms with Crippen molar-refractivity contribution in [2.45, 2.75) is 51.5 Å². The predicted molar refractivity (Wildman–Crippen MR) is 88.7 cm³/mol. The van der Waals surface area contributed by atoms with E-state index in [1.54, 1.807) is 0 Å². The van der Waals surface area contributed by atoms with E-state index in [-0.39, 0.29) is 37.1 Å². The molecule has 0 radical (unpaired) electrons. The maximum absolute atomic E-state index is 13.4. The summed E-state index contributed by atoms with van der Waals surface area (Å²) in [6.07, 6.45) is 0.533. The number of nitrogens with zero attached hydrogens (tertiary/aromatic N) is 1. The molecule has 1 aromatic heterocycles. The van der Waals surface area contributed by atoms with Crippen molar-refractivity contribution in [1.29, 1.82) is 0 Å². The van der Waals surface area contributed by atoms with E-state index in [1.165, 1.54) is 0 Å². The van der Waals surface area contributed by atoms with Gasteiger partial charge < -0.3 is 10.3 Å². The average molecular weight is 335 g/mol. The van der Waals surface area contributed by atoms with Crippen LogP contribution in [-0.4, -0.2) is 21.8 Å². The first-order chi connectivity index (χ1) is 11.4. The minimum absolute atomic E-state index is 0.149. The highest BCUT2D eigenvalue weighted by Crippen LogP contribution is 2.39. The number of imidazole rings is 1. The molecule has 6 heteroatoms. The number of aromatic nitrogens is 2. The van der Waals surface area contributed by atoms with Gasteiger partial charge in [0.1, 0.15) is 5.82 Å². The molecule has 3 rings (SSSR count). The van der Waals surface area contributed by atoms with E-state index in [0.29, 0.717) is 5.82 Å². The van der Waals surface area contributed by atoms with Crippen molar-refractivity contribution in [1.82, 2.24) is 15.3 Å². The molecule has 0 saturated heterocycles. The van der Waals surface area contributed by atoms with E-state index < -0.39 is 11.8 Å². The molecule has 3 unspecified atom stereocenters. The van der Waals surface area contributed by atoms with Crippen molar-refractivity contribution in [3.05, 3.63) is 30.1 Å². The first kappa shape index (κ1) is 16.9. The van der Waals surface area contributed by atoms with E-state index in [1.807, 2.05) is 38.1 Å². The van der Waals surface area contributed by atoms with Gasteiger partial charge >= 0.3 is 0 Å². The van der Waals surface area contributed by atoms with Crippen molar-refractivity contribution in [2.75, 3.05) is 0 Å². The number of halogens is 2. The second-order valence-electron chi connectivity index (χ2n) is 6.81. The Labute approximate surface area is 140 Å². The minimum atomic E-state index is -2.72. The zero-order valence-electron chi connectivity index (χ0n) is 14.0. The fourth-order valence-electron chi connectivity index (χ4n) is 3.28. The van der Waals surface area contributed by atoms with Gasteiger partial charge in [-0.3, -0.25) is 4.79 Å². The average Bonchev–Trinajstić information content (AvgIpc) is 3.14. The van der Waals surface area contributed by atoms with Gasteiger partial charge in [-0.1, -0.05) is 32.4 Å². The highest BCUT2D eigenvalue weighted by molar-refractivity contribution is 5.80. The van der Waals surface area contributed by atoms with Crippen LogP contribution in [0.25, 0.3) is 11.0 Å². The molecule has 1 amide bonds. The van der Waals surface area contributed by atoms with Crippen LogP contribution >= 0.6 is 0 Å². The van der Waals surface area contributed by atoms with Gasteiger partial charge in [-0.05, 0) is 24.5 Å². The Morgan fingerprint density at radius 1 is 1.46 bits per heavy atom. The molecule has 1 aromatic carbocycles. The van der Waals surface area contributed by atoms with Gasteiger partial charge in [-0.15, -0.1) is 0 Å². The number of rotatable bonds is 5. The van der Waals surface area contributed by atoms with E-state index >= 15 is 0 Å². The van der Waals surface area contributed by atoms with E-state index in [9.17, 15) is 13.6 Å². The number of alkyl halides is 2. The summed E-state index contributed by atoms with van der Waals surface area (Å²) in [5.74, 6) is -2.79. The van der Waals surface area contributed by atoms with Gasteiger partial charge in [0.05, 0.1) is 17.1 Å². The molecule has 1 fully saturated rings. The Hall–Kier alpha value is -1.98. The predicted octanol–water partition coefficient (Wildman–Crippen LogP) is 4.20. The maximum Gasteiger partial charge on any atom is 0.248 e. The zero-order chi connectivity index (χ0) is 17.3. The van der Waals surface area contributed by atoms with Crippen LogP contribution in [0.4, 0.5) is 8.78 Å². The molecular weight excluding hydrogens is 312 g/mol. The third-order valence-corrected chi connectivity index (χ3v) is 4.99. The Kier molecular flexibility index (Phi) is 4.56. The number of nitrogens with one attached hydrogen (secondary N) is 2. The number of carbonyl (C=O) groups excluding carboxylic acids is 1. The standard InChI is InChI=1S/C18H23F2N3O/c1-3-11(2)15(16-21-13-6-4-5-7-14(13)22-16)23-17(24)12-8-9-18(19,20)10-12/h4-7,11-12,15H,3,8-10H2,1-2H3,(H,21,22)(H,23,24). The Morgan fingerprint density at radius 3 is 2.83 bits per heavy atom. The third kappa shape index (κ3) is 3.42. The number of H-pyrrole nitrogens is 1. The number of aromatic amines is 1. The molecule has 0 bridgehead atoms. The summed E-state index contributed by atoms with van der Waals surface area (Å²) in [7, 11) is 0. The number of benzene rings is 1. The zero-order valence-corrected chi connectivity index (χ0v) is 14.0. The molecule has 1 saturated carbocycles. The Balaban J connectivity index is 1.80. The van der Waals surface area contributed by atoms with E-state index in [4.69, 9.17) is 0 Å². The van der Waals surface area contributed by atoms with Crippen LogP contribution in [0.15, 0.2) is 24.3 Å². The Morgan fingerprint density at radius 2 is 2.21 bits per heavy atom. The highest BCUT2D eigenvalue weighted by Gasteiger charge is 2.43. The van der Waals surface area contributed by atoms with Crippen molar-refractivity contribution < 1.29 is 13.6 Å². The molecule has 1 aliphatic carbocycles. The summed E-state index contributed by atoms with van der Waals surface area (Å²) < 4.78 is 26.8. The second-order valence-corrected chi connectivity index (χ2v) is 6.81. The third-order valence-electron chi connectivity index (χ3n) is 4.99. The molecule has 1 heterocycles. The molecule has 4 nitrogen and oxygen atoms in total. The van der Waals surface area contributed by atoms with Crippen molar-refractivity contribution >= 4 is 16.9 Å². The second kappa shape index (κ2) is 6.49. The van der Waals surface area contributed by atoms with Crippen LogP contribution in [0.5, 0.6) is 0 Å². The number of para-hydroxylation sites is 2. The number of hydrogen-bond acceptors (Lipinski definition) is 2. The van der Waals surface area contributed by atoms with E-state index in [2.05, 4.69) is 15.3 Å². The molecule has 2 aromatic rings. The largest absolute Gasteiger partial charge is 0.346 e. The normalized spacial score (nSPS) is 22.4. The molecule has 3 atom stereocenters. The summed E-state index contributed by atoms with van der Waals surface area (Å²) in [6, 6.07) is 7.36. The molecule has 24 heavy (non-hydrogen) atoms. The molecule has 130 valence electrons. The molecule has 1 aliphatic rings.